The molecule has 1 aromatic heterocycles. The van der Waals surface area contributed by atoms with Crippen LogP contribution in [0.1, 0.15) is 49.9 Å². The largest absolute Gasteiger partial charge is 0.477 e. The number of nitrogens with one attached hydrogen (secondary N) is 2. The molecular formula is C19H29N5O5. The third kappa shape index (κ3) is 6.03. The number of likely N-dealkylation sites (N-methyl/N-ethyl adjacent to an activating group) is 1. The van der Waals surface area contributed by atoms with Crippen LogP contribution in [-0.2, 0) is 4.79 Å². The van der Waals surface area contributed by atoms with Crippen LogP contribution in [0.15, 0.2) is 6.07 Å². The van der Waals surface area contributed by atoms with Gasteiger partial charge in [0.15, 0.2) is 0 Å². The van der Waals surface area contributed by atoms with Crippen molar-refractivity contribution in [1.29, 1.82) is 0 Å². The van der Waals surface area contributed by atoms with Crippen molar-refractivity contribution in [3.05, 3.63) is 21.7 Å². The van der Waals surface area contributed by atoms with Gasteiger partial charge in [-0.3, -0.25) is 19.7 Å². The monoisotopic (exact) mass is 407 g/mol. The molecule has 1 saturated carbocycles. The summed E-state index contributed by atoms with van der Waals surface area (Å²) < 4.78 is 5.46. The number of rotatable bonds is 8. The predicted octanol–water partition coefficient (Wildman–Crippen LogP) is 2.20. The van der Waals surface area contributed by atoms with Gasteiger partial charge >= 0.3 is 5.69 Å². The summed E-state index contributed by atoms with van der Waals surface area (Å²) in [6, 6.07) is 1.18. The average Bonchev–Trinajstić information content (AvgIpc) is 2.67. The van der Waals surface area contributed by atoms with Crippen LogP contribution in [0.4, 0.5) is 11.5 Å². The lowest BCUT2D eigenvalue weighted by Crippen LogP contribution is -2.37. The molecule has 0 unspecified atom stereocenters. The zero-order chi connectivity index (χ0) is 21.6. The molecule has 1 fully saturated rings. The normalized spacial score (nSPS) is 18.6. The zero-order valence-electron chi connectivity index (χ0n) is 17.4. The van der Waals surface area contributed by atoms with Crippen LogP contribution in [-0.4, -0.2) is 59.9 Å². The summed E-state index contributed by atoms with van der Waals surface area (Å²) in [5.41, 5.74) is -0.371. The van der Waals surface area contributed by atoms with Crippen molar-refractivity contribution in [2.75, 3.05) is 32.6 Å². The van der Waals surface area contributed by atoms with Gasteiger partial charge in [0, 0.05) is 26.2 Å². The van der Waals surface area contributed by atoms with E-state index in [0.717, 1.165) is 31.7 Å². The van der Waals surface area contributed by atoms with Crippen molar-refractivity contribution in [3.8, 4) is 5.88 Å². The Morgan fingerprint density at radius 2 is 1.97 bits per heavy atom. The van der Waals surface area contributed by atoms with Crippen LogP contribution in [0, 0.1) is 16.0 Å². The Labute approximate surface area is 170 Å². The highest BCUT2D eigenvalue weighted by Crippen LogP contribution is 2.30. The van der Waals surface area contributed by atoms with E-state index in [9.17, 15) is 19.7 Å². The van der Waals surface area contributed by atoms with Crippen molar-refractivity contribution in [2.45, 2.75) is 45.6 Å². The minimum atomic E-state index is -0.635. The highest BCUT2D eigenvalue weighted by atomic mass is 16.6. The number of pyridine rings is 1. The number of nitrogens with zero attached hydrogens (tertiary/aromatic N) is 3. The van der Waals surface area contributed by atoms with Gasteiger partial charge in [0.25, 0.3) is 5.91 Å². The lowest BCUT2D eigenvalue weighted by atomic mass is 9.87. The van der Waals surface area contributed by atoms with E-state index in [1.165, 1.54) is 4.90 Å². The summed E-state index contributed by atoms with van der Waals surface area (Å²) in [4.78, 5) is 41.0. The number of hydrogen-bond acceptors (Lipinski definition) is 7. The van der Waals surface area contributed by atoms with Crippen LogP contribution in [0.5, 0.6) is 5.88 Å². The molecule has 0 spiro atoms. The molecule has 0 aliphatic heterocycles. The molecule has 160 valence electrons. The Balaban J connectivity index is 2.28. The molecule has 0 saturated heterocycles. The smallest absolute Gasteiger partial charge is 0.312 e. The number of carbonyl (C=O) groups is 2. The number of aromatic nitrogens is 1. The van der Waals surface area contributed by atoms with Crippen LogP contribution in [0.2, 0.25) is 0 Å². The van der Waals surface area contributed by atoms with Gasteiger partial charge in [-0.25, -0.2) is 0 Å². The molecule has 0 bridgehead atoms. The second-order valence-electron chi connectivity index (χ2n) is 7.47. The Kier molecular flexibility index (Phi) is 7.74. The van der Waals surface area contributed by atoms with Crippen molar-refractivity contribution in [2.24, 2.45) is 5.92 Å². The van der Waals surface area contributed by atoms with E-state index in [0.29, 0.717) is 5.92 Å². The second kappa shape index (κ2) is 10.0. The molecule has 0 aromatic carbocycles. The van der Waals surface area contributed by atoms with Crippen molar-refractivity contribution in [1.82, 2.24) is 15.2 Å². The van der Waals surface area contributed by atoms with E-state index in [-0.39, 0.29) is 48.0 Å². The molecule has 0 radical (unpaired) electrons. The molecule has 1 aliphatic carbocycles. The first kappa shape index (κ1) is 22.4. The van der Waals surface area contributed by atoms with Gasteiger partial charge in [0.2, 0.25) is 17.6 Å². The van der Waals surface area contributed by atoms with Crippen LogP contribution in [0.25, 0.3) is 0 Å². The number of amides is 2. The highest BCUT2D eigenvalue weighted by molar-refractivity contribution is 5.98. The minimum Gasteiger partial charge on any atom is -0.477 e. The lowest BCUT2D eigenvalue weighted by molar-refractivity contribution is -0.384. The maximum Gasteiger partial charge on any atom is 0.312 e. The molecule has 29 heavy (non-hydrogen) atoms. The zero-order valence-corrected chi connectivity index (χ0v) is 17.4. The Morgan fingerprint density at radius 3 is 2.52 bits per heavy atom. The van der Waals surface area contributed by atoms with Gasteiger partial charge in [-0.2, -0.15) is 4.98 Å². The summed E-state index contributed by atoms with van der Waals surface area (Å²) in [6.07, 6.45) is 3.81. The molecule has 2 N–H and O–H groups in total. The van der Waals surface area contributed by atoms with E-state index in [2.05, 4.69) is 22.5 Å². The molecule has 1 aromatic rings. The van der Waals surface area contributed by atoms with Crippen LogP contribution < -0.4 is 15.4 Å². The molecule has 0 atom stereocenters. The van der Waals surface area contributed by atoms with Gasteiger partial charge < -0.3 is 20.3 Å². The van der Waals surface area contributed by atoms with Gasteiger partial charge in [0.1, 0.15) is 5.56 Å². The summed E-state index contributed by atoms with van der Waals surface area (Å²) in [7, 11) is 3.16. The van der Waals surface area contributed by atoms with E-state index in [4.69, 9.17) is 4.74 Å². The van der Waals surface area contributed by atoms with Crippen molar-refractivity contribution < 1.29 is 19.2 Å². The first-order chi connectivity index (χ1) is 13.7. The lowest BCUT2D eigenvalue weighted by Gasteiger charge is -2.27. The van der Waals surface area contributed by atoms with Crippen molar-refractivity contribution in [3.63, 3.8) is 0 Å². The molecule has 2 amide bonds. The predicted molar refractivity (Wildman–Crippen MR) is 108 cm³/mol. The quantitative estimate of drug-likeness (QED) is 0.499. The number of hydrogen-bond donors (Lipinski definition) is 2. The Bertz CT molecular complexity index is 760. The molecule has 1 aliphatic rings. The summed E-state index contributed by atoms with van der Waals surface area (Å²) >= 11 is 0. The fourth-order valence-corrected chi connectivity index (χ4v) is 3.15. The van der Waals surface area contributed by atoms with Gasteiger partial charge in [-0.1, -0.05) is 6.92 Å². The fraction of sp³-hybridized carbons (Fsp3) is 0.632. The van der Waals surface area contributed by atoms with Gasteiger partial charge in [0.05, 0.1) is 18.1 Å². The summed E-state index contributed by atoms with van der Waals surface area (Å²) in [5, 5.41) is 17.1. The maximum atomic E-state index is 12.8. The van der Waals surface area contributed by atoms with E-state index < -0.39 is 10.8 Å². The van der Waals surface area contributed by atoms with Crippen LogP contribution >= 0.6 is 0 Å². The average molecular weight is 407 g/mol. The topological polar surface area (TPSA) is 127 Å². The number of anilines is 1. The maximum absolute atomic E-state index is 12.8. The summed E-state index contributed by atoms with van der Waals surface area (Å²) in [6.45, 7) is 3.99. The highest BCUT2D eigenvalue weighted by Gasteiger charge is 2.27. The Hall–Kier alpha value is -2.91. The van der Waals surface area contributed by atoms with Gasteiger partial charge in [-0.15, -0.1) is 0 Å². The summed E-state index contributed by atoms with van der Waals surface area (Å²) in [5.74, 6) is -0.191. The first-order valence-electron chi connectivity index (χ1n) is 9.80. The second-order valence-corrected chi connectivity index (χ2v) is 7.47. The number of nitro groups is 1. The standard InChI is InChI=1S/C19H29N5O5/c1-5-29-19-14(18(26)21-13-8-6-12(2)7-9-13)10-15(24(27)28)17(22-19)20-11-16(25)23(3)4/h10,12-13H,5-9,11H2,1-4H3,(H,20,22)(H,21,26)/t12-,13-. The molecule has 2 rings (SSSR count). The SMILES string of the molecule is CCOc1nc(NCC(=O)N(C)C)c([N+](=O)[O-])cc1C(=O)N[C@H]1CC[C@H](C)CC1. The van der Waals surface area contributed by atoms with E-state index >= 15 is 0 Å². The number of ether oxygens (including phenoxy) is 1. The fourth-order valence-electron chi connectivity index (χ4n) is 3.15. The third-order valence-electron chi connectivity index (χ3n) is 4.95. The third-order valence-corrected chi connectivity index (χ3v) is 4.95. The number of carbonyl (C=O) groups excluding carboxylic acids is 2. The minimum absolute atomic E-state index is 0.000389. The molecule has 10 heteroatoms. The molecule has 10 nitrogen and oxygen atoms in total. The molecular weight excluding hydrogens is 378 g/mol. The molecule has 1 heterocycles. The van der Waals surface area contributed by atoms with Crippen molar-refractivity contribution >= 4 is 23.3 Å². The van der Waals surface area contributed by atoms with Crippen LogP contribution in [0.3, 0.4) is 0 Å². The van der Waals surface area contributed by atoms with Gasteiger partial charge in [-0.05, 0) is 38.5 Å². The van der Waals surface area contributed by atoms with E-state index in [1.54, 1.807) is 21.0 Å². The Morgan fingerprint density at radius 1 is 1.31 bits per heavy atom. The first-order valence-corrected chi connectivity index (χ1v) is 9.80. The van der Waals surface area contributed by atoms with E-state index in [1.807, 2.05) is 0 Å².